The number of halogens is 5. The highest BCUT2D eigenvalue weighted by atomic mass is 79.9. The summed E-state index contributed by atoms with van der Waals surface area (Å²) in [6.07, 6.45) is -4.50. The van der Waals surface area contributed by atoms with Crippen molar-refractivity contribution in [3.05, 3.63) is 33.3 Å². The summed E-state index contributed by atoms with van der Waals surface area (Å²) >= 11 is 8.83. The number of rotatable bonds is 3. The van der Waals surface area contributed by atoms with E-state index >= 15 is 0 Å². The van der Waals surface area contributed by atoms with Crippen molar-refractivity contribution < 1.29 is 22.8 Å². The molecule has 1 N–H and O–H groups in total. The number of nitrogens with one attached hydrogen (secondary N) is 1. The van der Waals surface area contributed by atoms with E-state index in [0.29, 0.717) is 4.47 Å². The number of hydrogen-bond donors (Lipinski definition) is 1. The Bertz CT molecular complexity index is 425. The molecule has 0 fully saturated rings. The first kappa shape index (κ1) is 14.3. The maximum atomic E-state index is 11.7. The van der Waals surface area contributed by atoms with Gasteiger partial charge in [0.1, 0.15) is 0 Å². The van der Waals surface area contributed by atoms with E-state index in [-0.39, 0.29) is 10.6 Å². The van der Waals surface area contributed by atoms with Gasteiger partial charge in [0.25, 0.3) is 5.91 Å². The van der Waals surface area contributed by atoms with E-state index in [1.165, 1.54) is 18.2 Å². The number of benzene rings is 1. The summed E-state index contributed by atoms with van der Waals surface area (Å²) in [6, 6.07) is 4.20. The summed E-state index contributed by atoms with van der Waals surface area (Å²) in [5, 5.41) is 0.272. The van der Waals surface area contributed by atoms with Gasteiger partial charge in [0.05, 0.1) is 5.02 Å². The summed E-state index contributed by atoms with van der Waals surface area (Å²) in [5.74, 6) is -0.802. The predicted molar refractivity (Wildman–Crippen MR) is 58.6 cm³/mol. The third-order valence-corrected chi connectivity index (χ3v) is 2.81. The van der Waals surface area contributed by atoms with Gasteiger partial charge in [-0.25, -0.2) is 5.48 Å². The SMILES string of the molecule is O=C(NOCC(F)(F)F)c1ccc(Br)c(Cl)c1. The minimum atomic E-state index is -4.50. The highest BCUT2D eigenvalue weighted by molar-refractivity contribution is 9.10. The Morgan fingerprint density at radius 1 is 1.47 bits per heavy atom. The lowest BCUT2D eigenvalue weighted by Gasteiger charge is -2.08. The molecule has 17 heavy (non-hydrogen) atoms. The minimum Gasteiger partial charge on any atom is -0.267 e. The summed E-state index contributed by atoms with van der Waals surface area (Å²) in [5.41, 5.74) is 1.77. The van der Waals surface area contributed by atoms with E-state index in [0.717, 1.165) is 0 Å². The van der Waals surface area contributed by atoms with Gasteiger partial charge < -0.3 is 0 Å². The van der Waals surface area contributed by atoms with Gasteiger partial charge in [0, 0.05) is 10.0 Å². The van der Waals surface area contributed by atoms with Crippen molar-refractivity contribution in [2.45, 2.75) is 6.18 Å². The molecular weight excluding hydrogens is 326 g/mol. The zero-order valence-electron chi connectivity index (χ0n) is 8.15. The molecule has 1 aromatic rings. The van der Waals surface area contributed by atoms with Gasteiger partial charge >= 0.3 is 6.18 Å². The Kier molecular flexibility index (Phi) is 4.79. The fraction of sp³-hybridized carbons (Fsp3) is 0.222. The van der Waals surface area contributed by atoms with E-state index in [1.54, 1.807) is 5.48 Å². The van der Waals surface area contributed by atoms with Crippen molar-refractivity contribution >= 4 is 33.4 Å². The maximum Gasteiger partial charge on any atom is 0.414 e. The number of alkyl halides is 3. The lowest BCUT2D eigenvalue weighted by Crippen LogP contribution is -2.29. The summed E-state index contributed by atoms with van der Waals surface area (Å²) in [6.45, 7) is -1.55. The molecule has 0 aliphatic carbocycles. The lowest BCUT2D eigenvalue weighted by molar-refractivity contribution is -0.184. The Labute approximate surface area is 108 Å². The van der Waals surface area contributed by atoms with Crippen LogP contribution in [0.25, 0.3) is 0 Å². The molecule has 0 saturated carbocycles. The molecule has 94 valence electrons. The quantitative estimate of drug-likeness (QED) is 0.862. The van der Waals surface area contributed by atoms with Gasteiger partial charge in [-0.15, -0.1) is 0 Å². The van der Waals surface area contributed by atoms with Crippen LogP contribution < -0.4 is 5.48 Å². The molecule has 3 nitrogen and oxygen atoms in total. The maximum absolute atomic E-state index is 11.7. The fourth-order valence-electron chi connectivity index (χ4n) is 0.880. The van der Waals surface area contributed by atoms with Crippen LogP contribution in [-0.2, 0) is 4.84 Å². The number of hydrogen-bond acceptors (Lipinski definition) is 2. The van der Waals surface area contributed by atoms with E-state index in [4.69, 9.17) is 11.6 Å². The Hall–Kier alpha value is -0.790. The number of hydroxylamine groups is 1. The molecular formula is C9H6BrClF3NO2. The van der Waals surface area contributed by atoms with E-state index in [1.807, 2.05) is 0 Å². The smallest absolute Gasteiger partial charge is 0.267 e. The Morgan fingerprint density at radius 3 is 2.65 bits per heavy atom. The molecule has 0 unspecified atom stereocenters. The van der Waals surface area contributed by atoms with Gasteiger partial charge in [-0.1, -0.05) is 11.6 Å². The Morgan fingerprint density at radius 2 is 2.12 bits per heavy atom. The van der Waals surface area contributed by atoms with Crippen LogP contribution in [0, 0.1) is 0 Å². The molecule has 0 atom stereocenters. The third kappa shape index (κ3) is 4.93. The van der Waals surface area contributed by atoms with Gasteiger partial charge in [-0.3, -0.25) is 9.63 Å². The topological polar surface area (TPSA) is 38.3 Å². The Balaban J connectivity index is 2.56. The molecule has 0 aromatic heterocycles. The van der Waals surface area contributed by atoms with Crippen LogP contribution in [0.15, 0.2) is 22.7 Å². The second-order valence-corrected chi connectivity index (χ2v) is 4.23. The van der Waals surface area contributed by atoms with Crippen LogP contribution in [0.2, 0.25) is 5.02 Å². The standard InChI is InChI=1S/C9H6BrClF3NO2/c10-6-2-1-5(3-7(6)11)8(16)15-17-4-9(12,13)14/h1-3H,4H2,(H,15,16). The highest BCUT2D eigenvalue weighted by Crippen LogP contribution is 2.23. The van der Waals surface area contributed by atoms with Gasteiger partial charge in [0.15, 0.2) is 6.61 Å². The second kappa shape index (κ2) is 5.70. The molecule has 1 amide bonds. The molecule has 0 aliphatic rings. The largest absolute Gasteiger partial charge is 0.414 e. The van der Waals surface area contributed by atoms with Crippen molar-refractivity contribution in [3.8, 4) is 0 Å². The first-order valence-corrected chi connectivity index (χ1v) is 5.40. The minimum absolute atomic E-state index is 0.0976. The van der Waals surface area contributed by atoms with Crippen molar-refractivity contribution in [1.82, 2.24) is 5.48 Å². The van der Waals surface area contributed by atoms with Crippen LogP contribution in [0.3, 0.4) is 0 Å². The highest BCUT2D eigenvalue weighted by Gasteiger charge is 2.28. The average molecular weight is 333 g/mol. The van der Waals surface area contributed by atoms with Crippen LogP contribution in [0.5, 0.6) is 0 Å². The second-order valence-electron chi connectivity index (χ2n) is 2.96. The molecule has 8 heteroatoms. The zero-order chi connectivity index (χ0) is 13.1. The summed E-state index contributed by atoms with van der Waals surface area (Å²) in [4.78, 5) is 15.3. The van der Waals surface area contributed by atoms with Crippen LogP contribution in [0.4, 0.5) is 13.2 Å². The van der Waals surface area contributed by atoms with Crippen molar-refractivity contribution in [2.75, 3.05) is 6.61 Å². The molecule has 0 bridgehead atoms. The molecule has 1 rings (SSSR count). The molecule has 0 heterocycles. The monoisotopic (exact) mass is 331 g/mol. The van der Waals surface area contributed by atoms with E-state index in [9.17, 15) is 18.0 Å². The van der Waals surface area contributed by atoms with Gasteiger partial charge in [-0.05, 0) is 34.1 Å². The van der Waals surface area contributed by atoms with Crippen LogP contribution >= 0.6 is 27.5 Å². The predicted octanol–water partition coefficient (Wildman–Crippen LogP) is 3.33. The first-order valence-electron chi connectivity index (χ1n) is 4.23. The summed E-state index contributed by atoms with van der Waals surface area (Å²) < 4.78 is 35.7. The molecule has 0 spiro atoms. The van der Waals surface area contributed by atoms with Gasteiger partial charge in [-0.2, -0.15) is 13.2 Å². The fourth-order valence-corrected chi connectivity index (χ4v) is 1.31. The van der Waals surface area contributed by atoms with E-state index in [2.05, 4.69) is 20.8 Å². The molecule has 0 saturated heterocycles. The molecule has 1 aromatic carbocycles. The van der Waals surface area contributed by atoms with Crippen molar-refractivity contribution in [2.24, 2.45) is 0 Å². The van der Waals surface area contributed by atoms with Crippen LogP contribution in [-0.4, -0.2) is 18.7 Å². The van der Waals surface area contributed by atoms with Crippen molar-refractivity contribution in [3.63, 3.8) is 0 Å². The lowest BCUT2D eigenvalue weighted by atomic mass is 10.2. The van der Waals surface area contributed by atoms with Gasteiger partial charge in [0.2, 0.25) is 0 Å². The average Bonchev–Trinajstić information content (AvgIpc) is 2.20. The number of carbonyl (C=O) groups excluding carboxylic acids is 1. The molecule has 0 aliphatic heterocycles. The first-order chi connectivity index (χ1) is 7.79. The number of amides is 1. The number of carbonyl (C=O) groups is 1. The third-order valence-electron chi connectivity index (χ3n) is 1.58. The van der Waals surface area contributed by atoms with Crippen LogP contribution in [0.1, 0.15) is 10.4 Å². The zero-order valence-corrected chi connectivity index (χ0v) is 10.5. The summed E-state index contributed by atoms with van der Waals surface area (Å²) in [7, 11) is 0. The van der Waals surface area contributed by atoms with Crippen molar-refractivity contribution in [1.29, 1.82) is 0 Å². The normalized spacial score (nSPS) is 11.4. The molecule has 0 radical (unpaired) electrons. The van der Waals surface area contributed by atoms with E-state index < -0.39 is 18.7 Å².